The van der Waals surface area contributed by atoms with E-state index in [2.05, 4.69) is 0 Å². The van der Waals surface area contributed by atoms with Crippen LogP contribution in [0.1, 0.15) is 23.2 Å². The molecule has 2 rings (SSSR count). The third-order valence-electron chi connectivity index (χ3n) is 1.91. The van der Waals surface area contributed by atoms with E-state index in [1.165, 1.54) is 12.8 Å². The number of carboxylic acid groups (broad SMARTS) is 1. The summed E-state index contributed by atoms with van der Waals surface area (Å²) in [6.07, 6.45) is 2.53. The molecule has 0 spiro atoms. The van der Waals surface area contributed by atoms with Crippen LogP contribution in [0.4, 0.5) is 0 Å². The van der Waals surface area contributed by atoms with Crippen molar-refractivity contribution in [2.24, 2.45) is 0 Å². The maximum atomic E-state index is 10.6. The van der Waals surface area contributed by atoms with Crippen molar-refractivity contribution in [1.82, 2.24) is 0 Å². The molecular formula is C10H10O2S. The standard InChI is InChI=1S/C10H10O2S/c11-10(12)7-2-1-3-9(6-7)13-8-4-5-8/h1-3,6,8H,4-5H2,(H,11,12). The van der Waals surface area contributed by atoms with Gasteiger partial charge in [-0.15, -0.1) is 11.8 Å². The fourth-order valence-corrected chi connectivity index (χ4v) is 2.19. The van der Waals surface area contributed by atoms with Crippen LogP contribution in [0, 0.1) is 0 Å². The summed E-state index contributed by atoms with van der Waals surface area (Å²) >= 11 is 1.78. The van der Waals surface area contributed by atoms with Gasteiger partial charge in [0.05, 0.1) is 5.56 Å². The molecule has 1 fully saturated rings. The van der Waals surface area contributed by atoms with E-state index in [9.17, 15) is 4.79 Å². The lowest BCUT2D eigenvalue weighted by atomic mass is 10.2. The van der Waals surface area contributed by atoms with Gasteiger partial charge in [-0.25, -0.2) is 4.79 Å². The third kappa shape index (κ3) is 2.25. The average molecular weight is 194 g/mol. The lowest BCUT2D eigenvalue weighted by molar-refractivity contribution is 0.0696. The summed E-state index contributed by atoms with van der Waals surface area (Å²) in [6.45, 7) is 0. The van der Waals surface area contributed by atoms with Crippen LogP contribution in [0.15, 0.2) is 29.2 Å². The van der Waals surface area contributed by atoms with Crippen molar-refractivity contribution in [2.75, 3.05) is 0 Å². The average Bonchev–Trinajstić information content (AvgIpc) is 2.89. The molecule has 3 heteroatoms. The SMILES string of the molecule is O=C(O)c1cccc(SC2CC2)c1. The molecule has 13 heavy (non-hydrogen) atoms. The molecule has 0 heterocycles. The van der Waals surface area contributed by atoms with Crippen LogP contribution in [0.25, 0.3) is 0 Å². The molecule has 0 unspecified atom stereocenters. The molecule has 1 aromatic rings. The van der Waals surface area contributed by atoms with E-state index in [0.717, 1.165) is 10.1 Å². The van der Waals surface area contributed by atoms with Crippen LogP contribution >= 0.6 is 11.8 Å². The molecule has 1 aliphatic carbocycles. The zero-order chi connectivity index (χ0) is 9.26. The predicted molar refractivity (Wildman–Crippen MR) is 52.3 cm³/mol. The molecule has 0 radical (unpaired) electrons. The first kappa shape index (κ1) is 8.63. The summed E-state index contributed by atoms with van der Waals surface area (Å²) in [6, 6.07) is 7.13. The molecule has 0 aromatic heterocycles. The number of carbonyl (C=O) groups is 1. The molecule has 1 saturated carbocycles. The zero-order valence-corrected chi connectivity index (χ0v) is 7.88. The molecule has 1 aliphatic rings. The number of carboxylic acids is 1. The third-order valence-corrected chi connectivity index (χ3v) is 3.24. The van der Waals surface area contributed by atoms with E-state index in [4.69, 9.17) is 5.11 Å². The molecular weight excluding hydrogens is 184 g/mol. The Morgan fingerprint density at radius 2 is 2.23 bits per heavy atom. The van der Waals surface area contributed by atoms with Crippen LogP contribution in [0.2, 0.25) is 0 Å². The second-order valence-corrected chi connectivity index (χ2v) is 4.52. The van der Waals surface area contributed by atoms with Crippen molar-refractivity contribution < 1.29 is 9.90 Å². The second kappa shape index (κ2) is 3.42. The second-order valence-electron chi connectivity index (χ2n) is 3.15. The lowest BCUT2D eigenvalue weighted by Gasteiger charge is -1.99. The van der Waals surface area contributed by atoms with Crippen LogP contribution < -0.4 is 0 Å². The summed E-state index contributed by atoms with van der Waals surface area (Å²) in [5.74, 6) is -0.849. The molecule has 0 saturated heterocycles. The van der Waals surface area contributed by atoms with Crippen LogP contribution in [0.3, 0.4) is 0 Å². The fourth-order valence-electron chi connectivity index (χ4n) is 1.08. The first-order valence-corrected chi connectivity index (χ1v) is 5.14. The van der Waals surface area contributed by atoms with Gasteiger partial charge < -0.3 is 5.11 Å². The van der Waals surface area contributed by atoms with Crippen molar-refractivity contribution in [2.45, 2.75) is 23.0 Å². The van der Waals surface area contributed by atoms with Crippen molar-refractivity contribution in [3.8, 4) is 0 Å². The molecule has 2 nitrogen and oxygen atoms in total. The summed E-state index contributed by atoms with van der Waals surface area (Å²) in [5, 5.41) is 9.48. The highest BCUT2D eigenvalue weighted by molar-refractivity contribution is 8.00. The van der Waals surface area contributed by atoms with Gasteiger partial charge in [0.1, 0.15) is 0 Å². The Balaban J connectivity index is 2.15. The van der Waals surface area contributed by atoms with E-state index < -0.39 is 5.97 Å². The fraction of sp³-hybridized carbons (Fsp3) is 0.300. The zero-order valence-electron chi connectivity index (χ0n) is 7.06. The summed E-state index contributed by atoms with van der Waals surface area (Å²) < 4.78 is 0. The minimum atomic E-state index is -0.849. The van der Waals surface area contributed by atoms with Crippen molar-refractivity contribution in [3.05, 3.63) is 29.8 Å². The van der Waals surface area contributed by atoms with E-state index in [-0.39, 0.29) is 0 Å². The Labute approximate surface area is 81.0 Å². The van der Waals surface area contributed by atoms with Crippen molar-refractivity contribution >= 4 is 17.7 Å². The Bertz CT molecular complexity index is 331. The smallest absolute Gasteiger partial charge is 0.335 e. The minimum Gasteiger partial charge on any atom is -0.478 e. The number of hydrogen-bond donors (Lipinski definition) is 1. The summed E-state index contributed by atoms with van der Waals surface area (Å²) in [5.41, 5.74) is 0.380. The van der Waals surface area contributed by atoms with Crippen molar-refractivity contribution in [1.29, 1.82) is 0 Å². The quantitative estimate of drug-likeness (QED) is 0.803. The lowest BCUT2D eigenvalue weighted by Crippen LogP contribution is -1.95. The predicted octanol–water partition coefficient (Wildman–Crippen LogP) is 2.64. The normalized spacial score (nSPS) is 15.7. The van der Waals surface area contributed by atoms with Gasteiger partial charge in [-0.2, -0.15) is 0 Å². The monoisotopic (exact) mass is 194 g/mol. The molecule has 0 bridgehead atoms. The van der Waals surface area contributed by atoms with Gasteiger partial charge in [-0.05, 0) is 31.0 Å². The van der Waals surface area contributed by atoms with Crippen LogP contribution in [0.5, 0.6) is 0 Å². The highest BCUT2D eigenvalue weighted by atomic mass is 32.2. The van der Waals surface area contributed by atoms with Crippen LogP contribution in [-0.2, 0) is 0 Å². The van der Waals surface area contributed by atoms with Gasteiger partial charge in [0.2, 0.25) is 0 Å². The Hall–Kier alpha value is -0.960. The number of thioether (sulfide) groups is 1. The highest BCUT2D eigenvalue weighted by Gasteiger charge is 2.22. The van der Waals surface area contributed by atoms with Gasteiger partial charge in [-0.1, -0.05) is 6.07 Å². The topological polar surface area (TPSA) is 37.3 Å². The number of rotatable bonds is 3. The first-order chi connectivity index (χ1) is 6.25. The first-order valence-electron chi connectivity index (χ1n) is 4.26. The van der Waals surface area contributed by atoms with Gasteiger partial charge >= 0.3 is 5.97 Å². The highest BCUT2D eigenvalue weighted by Crippen LogP contribution is 2.39. The van der Waals surface area contributed by atoms with E-state index in [1.807, 2.05) is 6.07 Å². The van der Waals surface area contributed by atoms with Crippen molar-refractivity contribution in [3.63, 3.8) is 0 Å². The number of hydrogen-bond acceptors (Lipinski definition) is 2. The summed E-state index contributed by atoms with van der Waals surface area (Å²) in [7, 11) is 0. The molecule has 0 atom stereocenters. The van der Waals surface area contributed by atoms with E-state index >= 15 is 0 Å². The molecule has 1 N–H and O–H groups in total. The maximum absolute atomic E-state index is 10.6. The van der Waals surface area contributed by atoms with Gasteiger partial charge in [0.15, 0.2) is 0 Å². The van der Waals surface area contributed by atoms with Gasteiger partial charge in [0.25, 0.3) is 0 Å². The number of benzene rings is 1. The summed E-state index contributed by atoms with van der Waals surface area (Å²) in [4.78, 5) is 11.7. The van der Waals surface area contributed by atoms with Gasteiger partial charge in [0, 0.05) is 10.1 Å². The minimum absolute atomic E-state index is 0.380. The molecule has 0 amide bonds. The molecule has 1 aromatic carbocycles. The maximum Gasteiger partial charge on any atom is 0.335 e. The van der Waals surface area contributed by atoms with Gasteiger partial charge in [-0.3, -0.25) is 0 Å². The number of aromatic carboxylic acids is 1. The Morgan fingerprint density at radius 1 is 1.46 bits per heavy atom. The Kier molecular flexibility index (Phi) is 2.27. The molecule has 0 aliphatic heterocycles. The Morgan fingerprint density at radius 3 is 2.85 bits per heavy atom. The van der Waals surface area contributed by atoms with E-state index in [0.29, 0.717) is 5.56 Å². The van der Waals surface area contributed by atoms with E-state index in [1.54, 1.807) is 30.0 Å². The largest absolute Gasteiger partial charge is 0.478 e. The van der Waals surface area contributed by atoms with Crippen LogP contribution in [-0.4, -0.2) is 16.3 Å². The molecule has 68 valence electrons.